The van der Waals surface area contributed by atoms with E-state index in [9.17, 15) is 9.59 Å². The number of carboxylic acids is 2. The second kappa shape index (κ2) is 8.91. The predicted molar refractivity (Wildman–Crippen MR) is 47.7 cm³/mol. The molecule has 0 aromatic heterocycles. The van der Waals surface area contributed by atoms with Crippen molar-refractivity contribution in [2.24, 2.45) is 0 Å². The van der Waals surface area contributed by atoms with Crippen molar-refractivity contribution in [3.05, 3.63) is 0 Å². The zero-order chi connectivity index (χ0) is 10.3. The van der Waals surface area contributed by atoms with Crippen LogP contribution in [0.2, 0.25) is 0 Å². The van der Waals surface area contributed by atoms with E-state index < -0.39 is 11.9 Å². The topological polar surface area (TPSA) is 83.8 Å². The number of thiocarbonyl (C=S) groups is 1. The van der Waals surface area contributed by atoms with E-state index in [1.807, 2.05) is 0 Å². The van der Waals surface area contributed by atoms with Gasteiger partial charge in [-0.25, -0.2) is 0 Å². The van der Waals surface area contributed by atoms with Crippen LogP contribution in [0.25, 0.3) is 0 Å². The Morgan fingerprint density at radius 2 is 1.57 bits per heavy atom. The standard InChI is InChI=1S/C7H10O5S.Co/c8-5(9)1-2-7(13)12-4-3-6(10)11;/h1-4H2,(H,8,9)(H,10,11);. The molecule has 0 fully saturated rings. The molecule has 0 saturated carbocycles. The summed E-state index contributed by atoms with van der Waals surface area (Å²) in [5, 5.41) is 16.6. The number of rotatable bonds is 6. The molecular weight excluding hydrogens is 255 g/mol. The minimum atomic E-state index is -0.971. The fraction of sp³-hybridized carbons (Fsp3) is 0.571. The molecule has 0 saturated heterocycles. The van der Waals surface area contributed by atoms with Crippen molar-refractivity contribution >= 4 is 29.2 Å². The summed E-state index contributed by atoms with van der Waals surface area (Å²) in [5.74, 6) is -1.93. The average Bonchev–Trinajstić information content (AvgIpc) is 2.00. The number of carboxylic acid groups (broad SMARTS) is 2. The molecule has 83 valence electrons. The second-order valence-corrected chi connectivity index (χ2v) is 2.71. The number of aliphatic carboxylic acids is 2. The molecule has 0 aliphatic rings. The minimum absolute atomic E-state index is 0. The van der Waals surface area contributed by atoms with Gasteiger partial charge in [-0.2, -0.15) is 0 Å². The first kappa shape index (κ1) is 15.8. The van der Waals surface area contributed by atoms with Gasteiger partial charge < -0.3 is 14.9 Å². The summed E-state index contributed by atoms with van der Waals surface area (Å²) in [6, 6.07) is 0. The van der Waals surface area contributed by atoms with Gasteiger partial charge in [0.15, 0.2) is 5.05 Å². The van der Waals surface area contributed by atoms with E-state index in [2.05, 4.69) is 12.2 Å². The summed E-state index contributed by atoms with van der Waals surface area (Å²) >= 11 is 4.65. The van der Waals surface area contributed by atoms with Crippen molar-refractivity contribution in [3.8, 4) is 0 Å². The third-order valence-corrected chi connectivity index (χ3v) is 1.44. The molecule has 0 aromatic carbocycles. The van der Waals surface area contributed by atoms with Gasteiger partial charge in [-0.3, -0.25) is 9.59 Å². The monoisotopic (exact) mass is 265 g/mol. The Bertz CT molecular complexity index is 218. The first-order valence-electron chi connectivity index (χ1n) is 3.61. The van der Waals surface area contributed by atoms with Crippen LogP contribution in [0, 0.1) is 0 Å². The molecule has 0 atom stereocenters. The quantitative estimate of drug-likeness (QED) is 0.687. The molecule has 0 amide bonds. The predicted octanol–water partition coefficient (Wildman–Crippen LogP) is 0.667. The molecule has 14 heavy (non-hydrogen) atoms. The number of carbonyl (C=O) groups is 2. The molecule has 7 heteroatoms. The Balaban J connectivity index is 0. The van der Waals surface area contributed by atoms with Crippen molar-refractivity contribution in [1.82, 2.24) is 0 Å². The summed E-state index contributed by atoms with van der Waals surface area (Å²) in [5.41, 5.74) is 0. The zero-order valence-corrected chi connectivity index (χ0v) is 9.05. The van der Waals surface area contributed by atoms with Gasteiger partial charge in [0.1, 0.15) is 0 Å². The second-order valence-electron chi connectivity index (χ2n) is 2.26. The van der Waals surface area contributed by atoms with Gasteiger partial charge in [0.25, 0.3) is 0 Å². The normalized spacial score (nSPS) is 8.57. The number of hydrogen-bond acceptors (Lipinski definition) is 4. The van der Waals surface area contributed by atoms with Gasteiger partial charge in [-0.05, 0) is 12.2 Å². The van der Waals surface area contributed by atoms with Crippen LogP contribution >= 0.6 is 12.2 Å². The molecule has 0 spiro atoms. The van der Waals surface area contributed by atoms with E-state index in [-0.39, 0.29) is 47.7 Å². The summed E-state index contributed by atoms with van der Waals surface area (Å²) in [6.45, 7) is -0.00616. The van der Waals surface area contributed by atoms with Crippen LogP contribution in [0.5, 0.6) is 0 Å². The third-order valence-electron chi connectivity index (χ3n) is 1.12. The fourth-order valence-corrected chi connectivity index (χ4v) is 0.719. The van der Waals surface area contributed by atoms with Crippen molar-refractivity contribution in [1.29, 1.82) is 0 Å². The summed E-state index contributed by atoms with van der Waals surface area (Å²) in [6.07, 6.45) is -0.0800. The molecule has 5 nitrogen and oxygen atoms in total. The summed E-state index contributed by atoms with van der Waals surface area (Å²) < 4.78 is 4.79. The maximum atomic E-state index is 10.1. The van der Waals surface area contributed by atoms with E-state index in [4.69, 9.17) is 14.9 Å². The Labute approximate surface area is 96.6 Å². The molecule has 0 aliphatic carbocycles. The Morgan fingerprint density at radius 3 is 2.00 bits per heavy atom. The summed E-state index contributed by atoms with van der Waals surface area (Å²) in [4.78, 5) is 20.1. The smallest absolute Gasteiger partial charge is 0.306 e. The fourth-order valence-electron chi connectivity index (χ4n) is 0.533. The first-order valence-corrected chi connectivity index (χ1v) is 4.02. The van der Waals surface area contributed by atoms with Gasteiger partial charge in [0.05, 0.1) is 19.4 Å². The largest absolute Gasteiger partial charge is 0.486 e. The molecule has 0 aromatic rings. The SMILES string of the molecule is O=C(O)CCOC(=S)CCC(=O)O.[Co]. The molecule has 0 aliphatic heterocycles. The van der Waals surface area contributed by atoms with E-state index in [0.29, 0.717) is 0 Å². The van der Waals surface area contributed by atoms with Crippen LogP contribution in [0.3, 0.4) is 0 Å². The molecule has 0 heterocycles. The zero-order valence-electron chi connectivity index (χ0n) is 7.19. The van der Waals surface area contributed by atoms with Crippen LogP contribution in [-0.4, -0.2) is 33.8 Å². The Kier molecular flexibility index (Phi) is 10.1. The first-order chi connectivity index (χ1) is 6.02. The van der Waals surface area contributed by atoms with Gasteiger partial charge >= 0.3 is 11.9 Å². The van der Waals surface area contributed by atoms with Crippen LogP contribution < -0.4 is 0 Å². The average molecular weight is 265 g/mol. The van der Waals surface area contributed by atoms with Crippen LogP contribution in [-0.2, 0) is 31.1 Å². The Morgan fingerprint density at radius 1 is 1.07 bits per heavy atom. The van der Waals surface area contributed by atoms with E-state index in [1.54, 1.807) is 0 Å². The van der Waals surface area contributed by atoms with Crippen molar-refractivity contribution < 1.29 is 41.3 Å². The van der Waals surface area contributed by atoms with Crippen LogP contribution in [0.15, 0.2) is 0 Å². The van der Waals surface area contributed by atoms with Crippen molar-refractivity contribution in [2.75, 3.05) is 6.61 Å². The summed E-state index contributed by atoms with van der Waals surface area (Å²) in [7, 11) is 0. The number of hydrogen-bond donors (Lipinski definition) is 2. The Hall–Kier alpha value is -0.664. The maximum absolute atomic E-state index is 10.1. The van der Waals surface area contributed by atoms with Crippen LogP contribution in [0.1, 0.15) is 19.3 Å². The van der Waals surface area contributed by atoms with Gasteiger partial charge in [0.2, 0.25) is 0 Å². The molecule has 0 rings (SSSR count). The van der Waals surface area contributed by atoms with E-state index in [1.165, 1.54) is 0 Å². The van der Waals surface area contributed by atoms with Crippen molar-refractivity contribution in [2.45, 2.75) is 19.3 Å². The van der Waals surface area contributed by atoms with Gasteiger partial charge in [-0.1, -0.05) is 0 Å². The molecule has 2 N–H and O–H groups in total. The molecule has 0 bridgehead atoms. The van der Waals surface area contributed by atoms with Crippen LogP contribution in [0.4, 0.5) is 0 Å². The third kappa shape index (κ3) is 11.3. The minimum Gasteiger partial charge on any atom is -0.486 e. The van der Waals surface area contributed by atoms with Gasteiger partial charge in [0, 0.05) is 23.2 Å². The van der Waals surface area contributed by atoms with Crippen molar-refractivity contribution in [3.63, 3.8) is 0 Å². The molecular formula is C7H10CoO5S. The van der Waals surface area contributed by atoms with E-state index >= 15 is 0 Å². The molecule has 0 unspecified atom stereocenters. The molecule has 1 radical (unpaired) electrons. The number of ether oxygens (including phenoxy) is 1. The van der Waals surface area contributed by atoms with Gasteiger partial charge in [-0.15, -0.1) is 0 Å². The van der Waals surface area contributed by atoms with E-state index in [0.717, 1.165) is 0 Å². The maximum Gasteiger partial charge on any atom is 0.306 e.